The number of nitro benzene ring substituents is 1. The lowest BCUT2D eigenvalue weighted by atomic mass is 10.0. The normalized spacial score (nSPS) is 16.7. The highest BCUT2D eigenvalue weighted by atomic mass is 35.5. The standard InChI is InChI=1S/C18H16ClFN4O4/c19-12-3-1-11(2-4-12)15-8-18(26)23(10-21-15)9-17(25)22-13-5-6-14(20)16(7-13)24(27)28/h1-7,15,21H,8-10H2,(H,22,25). The second-order valence-electron chi connectivity index (χ2n) is 6.23. The van der Waals surface area contributed by atoms with Crippen molar-refractivity contribution in [2.75, 3.05) is 18.5 Å². The summed E-state index contributed by atoms with van der Waals surface area (Å²) in [6.07, 6.45) is 0.178. The van der Waals surface area contributed by atoms with E-state index in [1.807, 2.05) is 12.1 Å². The molecule has 2 aromatic rings. The molecule has 1 heterocycles. The van der Waals surface area contributed by atoms with Crippen molar-refractivity contribution < 1.29 is 18.9 Å². The van der Waals surface area contributed by atoms with Gasteiger partial charge in [-0.15, -0.1) is 0 Å². The van der Waals surface area contributed by atoms with E-state index in [0.29, 0.717) is 5.02 Å². The molecule has 1 atom stereocenters. The van der Waals surface area contributed by atoms with Gasteiger partial charge in [-0.2, -0.15) is 4.39 Å². The Labute approximate surface area is 164 Å². The Morgan fingerprint density at radius 1 is 1.32 bits per heavy atom. The number of nitrogens with zero attached hydrogens (tertiary/aromatic N) is 2. The number of hydrogen-bond acceptors (Lipinski definition) is 5. The number of carbonyl (C=O) groups is 2. The Kier molecular flexibility index (Phi) is 5.86. The number of nitrogens with one attached hydrogen (secondary N) is 2. The van der Waals surface area contributed by atoms with Crippen molar-refractivity contribution in [3.05, 3.63) is 69.0 Å². The third-order valence-corrected chi connectivity index (χ3v) is 4.55. The quantitative estimate of drug-likeness (QED) is 0.587. The van der Waals surface area contributed by atoms with Crippen molar-refractivity contribution in [3.8, 4) is 0 Å². The van der Waals surface area contributed by atoms with Gasteiger partial charge in [-0.25, -0.2) is 0 Å². The minimum Gasteiger partial charge on any atom is -0.324 e. The SMILES string of the molecule is O=C(CN1CNC(c2ccc(Cl)cc2)CC1=O)Nc1ccc(F)c([N+](=O)[O-])c1. The van der Waals surface area contributed by atoms with Crippen molar-refractivity contribution in [2.24, 2.45) is 0 Å². The Morgan fingerprint density at radius 3 is 2.68 bits per heavy atom. The van der Waals surface area contributed by atoms with Crippen LogP contribution in [0.5, 0.6) is 0 Å². The lowest BCUT2D eigenvalue weighted by molar-refractivity contribution is -0.387. The van der Waals surface area contributed by atoms with E-state index >= 15 is 0 Å². The first kappa shape index (κ1) is 19.7. The van der Waals surface area contributed by atoms with Crippen LogP contribution in [0.4, 0.5) is 15.8 Å². The molecule has 1 aliphatic heterocycles. The first-order chi connectivity index (χ1) is 13.3. The Morgan fingerprint density at radius 2 is 2.04 bits per heavy atom. The average molecular weight is 407 g/mol. The molecule has 28 heavy (non-hydrogen) atoms. The number of hydrogen-bond donors (Lipinski definition) is 2. The number of carbonyl (C=O) groups excluding carboxylic acids is 2. The maximum Gasteiger partial charge on any atom is 0.306 e. The maximum atomic E-state index is 13.4. The van der Waals surface area contributed by atoms with Gasteiger partial charge < -0.3 is 10.2 Å². The molecular weight excluding hydrogens is 391 g/mol. The van der Waals surface area contributed by atoms with E-state index in [1.54, 1.807) is 12.1 Å². The minimum atomic E-state index is -0.994. The third-order valence-electron chi connectivity index (χ3n) is 4.29. The summed E-state index contributed by atoms with van der Waals surface area (Å²) in [6, 6.07) is 10.0. The zero-order valence-electron chi connectivity index (χ0n) is 14.5. The number of rotatable bonds is 5. The highest BCUT2D eigenvalue weighted by molar-refractivity contribution is 6.30. The molecule has 0 spiro atoms. The van der Waals surface area contributed by atoms with Gasteiger partial charge >= 0.3 is 5.69 Å². The summed E-state index contributed by atoms with van der Waals surface area (Å²) in [5, 5.41) is 17.0. The summed E-state index contributed by atoms with van der Waals surface area (Å²) in [4.78, 5) is 35.8. The van der Waals surface area contributed by atoms with E-state index in [2.05, 4.69) is 10.6 Å². The van der Waals surface area contributed by atoms with Gasteiger partial charge in [-0.3, -0.25) is 25.0 Å². The summed E-state index contributed by atoms with van der Waals surface area (Å²) in [7, 11) is 0. The summed E-state index contributed by atoms with van der Waals surface area (Å²) >= 11 is 5.86. The monoisotopic (exact) mass is 406 g/mol. The number of halogens is 2. The molecule has 3 rings (SSSR count). The average Bonchev–Trinajstić information content (AvgIpc) is 2.65. The second kappa shape index (κ2) is 8.32. The number of nitro groups is 1. The molecule has 1 saturated heterocycles. The van der Waals surface area contributed by atoms with Crippen molar-refractivity contribution in [1.82, 2.24) is 10.2 Å². The number of amides is 2. The first-order valence-electron chi connectivity index (χ1n) is 8.34. The van der Waals surface area contributed by atoms with E-state index < -0.39 is 22.3 Å². The van der Waals surface area contributed by atoms with Crippen molar-refractivity contribution in [3.63, 3.8) is 0 Å². The van der Waals surface area contributed by atoms with Gasteiger partial charge in [0.1, 0.15) is 6.54 Å². The van der Waals surface area contributed by atoms with Gasteiger partial charge in [0.25, 0.3) is 0 Å². The molecule has 2 amide bonds. The van der Waals surface area contributed by atoms with Gasteiger partial charge in [0.05, 0.1) is 11.6 Å². The van der Waals surface area contributed by atoms with Gasteiger partial charge in [0.15, 0.2) is 0 Å². The first-order valence-corrected chi connectivity index (χ1v) is 8.71. The lowest BCUT2D eigenvalue weighted by Gasteiger charge is -2.32. The molecule has 0 radical (unpaired) electrons. The van der Waals surface area contributed by atoms with Crippen molar-refractivity contribution in [2.45, 2.75) is 12.5 Å². The molecule has 0 saturated carbocycles. The van der Waals surface area contributed by atoms with Crippen LogP contribution in [0.2, 0.25) is 5.02 Å². The van der Waals surface area contributed by atoms with E-state index in [1.165, 1.54) is 11.0 Å². The predicted molar refractivity (Wildman–Crippen MR) is 100 cm³/mol. The number of anilines is 1. The molecule has 0 aliphatic carbocycles. The Hall–Kier alpha value is -3.04. The summed E-state index contributed by atoms with van der Waals surface area (Å²) in [5.41, 5.74) is 0.259. The van der Waals surface area contributed by atoms with Gasteiger partial charge in [0.2, 0.25) is 17.6 Å². The van der Waals surface area contributed by atoms with Crippen LogP contribution >= 0.6 is 11.6 Å². The zero-order valence-corrected chi connectivity index (χ0v) is 15.3. The fourth-order valence-corrected chi connectivity index (χ4v) is 2.99. The molecule has 1 unspecified atom stereocenters. The van der Waals surface area contributed by atoms with Crippen LogP contribution in [0.15, 0.2) is 42.5 Å². The van der Waals surface area contributed by atoms with E-state index in [4.69, 9.17) is 11.6 Å². The zero-order chi connectivity index (χ0) is 20.3. The summed E-state index contributed by atoms with van der Waals surface area (Å²) in [5.74, 6) is -1.74. The van der Waals surface area contributed by atoms with Crippen LogP contribution in [0, 0.1) is 15.9 Å². The molecular formula is C18H16ClFN4O4. The molecule has 10 heteroatoms. The van der Waals surface area contributed by atoms with E-state index in [0.717, 1.165) is 17.7 Å². The topological polar surface area (TPSA) is 105 Å². The number of benzene rings is 2. The molecule has 1 fully saturated rings. The smallest absolute Gasteiger partial charge is 0.306 e. The molecule has 2 N–H and O–H groups in total. The van der Waals surface area contributed by atoms with Gasteiger partial charge in [-0.05, 0) is 29.8 Å². The highest BCUT2D eigenvalue weighted by Gasteiger charge is 2.27. The lowest BCUT2D eigenvalue weighted by Crippen LogP contribution is -2.49. The van der Waals surface area contributed by atoms with Crippen molar-refractivity contribution in [1.29, 1.82) is 0 Å². The highest BCUT2D eigenvalue weighted by Crippen LogP contribution is 2.24. The molecule has 1 aliphatic rings. The van der Waals surface area contributed by atoms with Crippen LogP contribution < -0.4 is 10.6 Å². The third kappa shape index (κ3) is 4.62. The summed E-state index contributed by atoms with van der Waals surface area (Å²) < 4.78 is 13.4. The van der Waals surface area contributed by atoms with Crippen LogP contribution in [-0.4, -0.2) is 34.9 Å². The van der Waals surface area contributed by atoms with Gasteiger partial charge in [0, 0.05) is 29.2 Å². The van der Waals surface area contributed by atoms with Crippen LogP contribution in [0.1, 0.15) is 18.0 Å². The minimum absolute atomic E-state index is 0.0783. The maximum absolute atomic E-state index is 13.4. The van der Waals surface area contributed by atoms with Gasteiger partial charge in [-0.1, -0.05) is 23.7 Å². The largest absolute Gasteiger partial charge is 0.324 e. The van der Waals surface area contributed by atoms with Crippen molar-refractivity contribution >= 4 is 34.8 Å². The fourth-order valence-electron chi connectivity index (χ4n) is 2.86. The molecule has 0 bridgehead atoms. The second-order valence-corrected chi connectivity index (χ2v) is 6.67. The van der Waals surface area contributed by atoms with E-state index in [9.17, 15) is 24.1 Å². The molecule has 146 valence electrons. The van der Waals surface area contributed by atoms with E-state index in [-0.39, 0.29) is 37.3 Å². The van der Waals surface area contributed by atoms with Crippen LogP contribution in [0.3, 0.4) is 0 Å². The Balaban J connectivity index is 1.58. The fraction of sp³-hybridized carbons (Fsp3) is 0.222. The van der Waals surface area contributed by atoms with Crippen LogP contribution in [-0.2, 0) is 9.59 Å². The van der Waals surface area contributed by atoms with Crippen LogP contribution in [0.25, 0.3) is 0 Å². The Bertz CT molecular complexity index is 922. The molecule has 8 nitrogen and oxygen atoms in total. The molecule has 2 aromatic carbocycles. The predicted octanol–water partition coefficient (Wildman–Crippen LogP) is 2.85. The summed E-state index contributed by atoms with van der Waals surface area (Å²) in [6.45, 7) is -0.0620. The molecule has 0 aromatic heterocycles.